The molecule has 0 amide bonds. The molecule has 29 heavy (non-hydrogen) atoms. The fourth-order valence-corrected chi connectivity index (χ4v) is 3.04. The number of hydrogen-bond acceptors (Lipinski definition) is 3. The zero-order valence-corrected chi connectivity index (χ0v) is 18.7. The van der Waals surface area contributed by atoms with E-state index >= 15 is 0 Å². The second kappa shape index (κ2) is 21.3. The molecule has 3 nitrogen and oxygen atoms in total. The van der Waals surface area contributed by atoms with Crippen molar-refractivity contribution in [1.82, 2.24) is 0 Å². The highest BCUT2D eigenvalue weighted by molar-refractivity contribution is 5.27. The first-order valence-electron chi connectivity index (χ1n) is 11.5. The van der Waals surface area contributed by atoms with Crippen molar-refractivity contribution in [2.24, 2.45) is 5.92 Å². The molecule has 0 aliphatic rings. The van der Waals surface area contributed by atoms with Gasteiger partial charge < -0.3 is 15.3 Å². The lowest BCUT2D eigenvalue weighted by Crippen LogP contribution is -2.02. The lowest BCUT2D eigenvalue weighted by molar-refractivity contribution is 0.214. The molecule has 164 valence electrons. The average molecular weight is 403 g/mol. The van der Waals surface area contributed by atoms with Crippen LogP contribution in [0.25, 0.3) is 0 Å². The Morgan fingerprint density at radius 1 is 0.586 bits per heavy atom. The molecule has 2 unspecified atom stereocenters. The van der Waals surface area contributed by atoms with Gasteiger partial charge in [-0.2, -0.15) is 0 Å². The Bertz CT molecular complexity index is 548. The van der Waals surface area contributed by atoms with Crippen LogP contribution in [0.15, 0.2) is 0 Å². The molecular formula is C26H42O3. The van der Waals surface area contributed by atoms with Crippen LogP contribution in [0.3, 0.4) is 0 Å². The Labute approximate surface area is 179 Å². The fourth-order valence-electron chi connectivity index (χ4n) is 3.04. The summed E-state index contributed by atoms with van der Waals surface area (Å²) >= 11 is 0. The number of hydrogen-bond donors (Lipinski definition) is 3. The maximum Gasteiger partial charge on any atom is 0.115 e. The molecule has 0 aliphatic heterocycles. The molecule has 0 aromatic rings. The van der Waals surface area contributed by atoms with E-state index < -0.39 is 12.2 Å². The Hall–Kier alpha value is -1.44. The standard InChI is InChI=1S/C26H42O3/c1-24(2)18-12-7-3-4-8-13-19-25(28)20-14-9-5-6-10-15-21-26(29)22-16-11-17-23-27/h24-29H,3-10,12,14-15,18,20-21,23H2,1-2H3. The third-order valence-corrected chi connectivity index (χ3v) is 4.78. The summed E-state index contributed by atoms with van der Waals surface area (Å²) in [5.74, 6) is 17.0. The van der Waals surface area contributed by atoms with Gasteiger partial charge in [0, 0.05) is 6.42 Å². The van der Waals surface area contributed by atoms with Crippen molar-refractivity contribution in [2.75, 3.05) is 6.61 Å². The Kier molecular flexibility index (Phi) is 20.2. The molecule has 0 radical (unpaired) electrons. The Morgan fingerprint density at radius 2 is 1.10 bits per heavy atom. The van der Waals surface area contributed by atoms with Crippen LogP contribution in [0.2, 0.25) is 0 Å². The van der Waals surface area contributed by atoms with Crippen molar-refractivity contribution in [3.63, 3.8) is 0 Å². The summed E-state index contributed by atoms with van der Waals surface area (Å²) in [6.07, 6.45) is 14.0. The summed E-state index contributed by atoms with van der Waals surface area (Å²) in [6.45, 7) is 4.35. The number of aliphatic hydroxyl groups excluding tert-OH is 3. The second-order valence-corrected chi connectivity index (χ2v) is 8.13. The van der Waals surface area contributed by atoms with Crippen molar-refractivity contribution in [3.05, 3.63) is 0 Å². The number of aliphatic hydroxyl groups is 3. The molecule has 0 fully saturated rings. The zero-order chi connectivity index (χ0) is 21.6. The third kappa shape index (κ3) is 22.7. The van der Waals surface area contributed by atoms with E-state index in [2.05, 4.69) is 49.4 Å². The van der Waals surface area contributed by atoms with Crippen LogP contribution in [-0.4, -0.2) is 34.1 Å². The SMILES string of the molecule is CC(C)CCCCCCC#CC(O)CCCCCCCCC(O)C#CC#CCO. The quantitative estimate of drug-likeness (QED) is 0.272. The summed E-state index contributed by atoms with van der Waals surface area (Å²) < 4.78 is 0. The maximum absolute atomic E-state index is 9.92. The van der Waals surface area contributed by atoms with Gasteiger partial charge in [-0.15, -0.1) is 5.92 Å². The van der Waals surface area contributed by atoms with Crippen molar-refractivity contribution < 1.29 is 15.3 Å². The van der Waals surface area contributed by atoms with Crippen molar-refractivity contribution in [3.8, 4) is 35.5 Å². The molecule has 0 aromatic heterocycles. The Morgan fingerprint density at radius 3 is 1.69 bits per heavy atom. The zero-order valence-electron chi connectivity index (χ0n) is 18.7. The smallest absolute Gasteiger partial charge is 0.115 e. The molecule has 0 saturated carbocycles. The van der Waals surface area contributed by atoms with Gasteiger partial charge in [0.05, 0.1) is 0 Å². The van der Waals surface area contributed by atoms with Crippen molar-refractivity contribution in [2.45, 2.75) is 116 Å². The highest BCUT2D eigenvalue weighted by Crippen LogP contribution is 2.12. The van der Waals surface area contributed by atoms with Gasteiger partial charge in [-0.25, -0.2) is 0 Å². The van der Waals surface area contributed by atoms with E-state index in [9.17, 15) is 10.2 Å². The molecule has 0 aromatic carbocycles. The first-order valence-corrected chi connectivity index (χ1v) is 11.5. The molecule has 0 rings (SSSR count). The van der Waals surface area contributed by atoms with E-state index in [-0.39, 0.29) is 6.61 Å². The summed E-state index contributed by atoms with van der Waals surface area (Å²) in [5, 5.41) is 28.1. The normalized spacial score (nSPS) is 12.2. The van der Waals surface area contributed by atoms with Crippen LogP contribution in [0, 0.1) is 41.4 Å². The summed E-state index contributed by atoms with van der Waals surface area (Å²) in [6, 6.07) is 0. The third-order valence-electron chi connectivity index (χ3n) is 4.78. The van der Waals surface area contributed by atoms with Crippen LogP contribution in [-0.2, 0) is 0 Å². The van der Waals surface area contributed by atoms with E-state index in [1.807, 2.05) is 0 Å². The molecule has 0 spiro atoms. The van der Waals surface area contributed by atoms with Gasteiger partial charge in [0.2, 0.25) is 0 Å². The van der Waals surface area contributed by atoms with Gasteiger partial charge in [-0.05, 0) is 49.9 Å². The average Bonchev–Trinajstić information content (AvgIpc) is 2.69. The molecular weight excluding hydrogens is 360 g/mol. The minimum atomic E-state index is -0.628. The van der Waals surface area contributed by atoms with E-state index in [0.29, 0.717) is 6.42 Å². The summed E-state index contributed by atoms with van der Waals surface area (Å²) in [4.78, 5) is 0. The highest BCUT2D eigenvalue weighted by atomic mass is 16.3. The highest BCUT2D eigenvalue weighted by Gasteiger charge is 2.01. The van der Waals surface area contributed by atoms with Gasteiger partial charge in [0.1, 0.15) is 18.8 Å². The van der Waals surface area contributed by atoms with Gasteiger partial charge in [-0.1, -0.05) is 83.0 Å². The van der Waals surface area contributed by atoms with Crippen LogP contribution in [0.4, 0.5) is 0 Å². The van der Waals surface area contributed by atoms with Gasteiger partial charge in [0.15, 0.2) is 0 Å². The fraction of sp³-hybridized carbons (Fsp3) is 0.769. The van der Waals surface area contributed by atoms with Crippen LogP contribution < -0.4 is 0 Å². The second-order valence-electron chi connectivity index (χ2n) is 8.13. The first kappa shape index (κ1) is 27.6. The van der Waals surface area contributed by atoms with E-state index in [1.54, 1.807) is 0 Å². The van der Waals surface area contributed by atoms with Gasteiger partial charge >= 0.3 is 0 Å². The molecule has 0 saturated heterocycles. The number of unbranched alkanes of at least 4 members (excludes halogenated alkanes) is 9. The van der Waals surface area contributed by atoms with E-state index in [0.717, 1.165) is 63.7 Å². The van der Waals surface area contributed by atoms with Crippen LogP contribution in [0.1, 0.15) is 104 Å². The predicted molar refractivity (Wildman–Crippen MR) is 122 cm³/mol. The molecule has 0 aliphatic carbocycles. The maximum atomic E-state index is 9.92. The molecule has 0 bridgehead atoms. The Balaban J connectivity index is 3.47. The number of rotatable bonds is 15. The lowest BCUT2D eigenvalue weighted by atomic mass is 10.0. The molecule has 2 atom stereocenters. The van der Waals surface area contributed by atoms with Crippen LogP contribution >= 0.6 is 0 Å². The predicted octanol–water partition coefficient (Wildman–Crippen LogP) is 4.83. The van der Waals surface area contributed by atoms with Gasteiger partial charge in [-0.3, -0.25) is 0 Å². The first-order chi connectivity index (χ1) is 14.1. The minimum Gasteiger partial charge on any atom is -0.384 e. The molecule has 3 N–H and O–H groups in total. The van der Waals surface area contributed by atoms with E-state index in [4.69, 9.17) is 5.11 Å². The lowest BCUT2D eigenvalue weighted by Gasteiger charge is -2.05. The van der Waals surface area contributed by atoms with Crippen molar-refractivity contribution >= 4 is 0 Å². The molecule has 3 heteroatoms. The largest absolute Gasteiger partial charge is 0.384 e. The van der Waals surface area contributed by atoms with Gasteiger partial charge in [0.25, 0.3) is 0 Å². The van der Waals surface area contributed by atoms with Crippen molar-refractivity contribution in [1.29, 1.82) is 0 Å². The molecule has 0 heterocycles. The monoisotopic (exact) mass is 402 g/mol. The van der Waals surface area contributed by atoms with E-state index in [1.165, 1.54) is 25.7 Å². The van der Waals surface area contributed by atoms with Crippen LogP contribution in [0.5, 0.6) is 0 Å². The minimum absolute atomic E-state index is 0.201. The summed E-state index contributed by atoms with van der Waals surface area (Å²) in [7, 11) is 0. The topological polar surface area (TPSA) is 60.7 Å². The summed E-state index contributed by atoms with van der Waals surface area (Å²) in [5.41, 5.74) is 0.